The fourth-order valence-corrected chi connectivity index (χ4v) is 3.21. The number of para-hydroxylation sites is 1. The minimum atomic E-state index is -0.879. The Labute approximate surface area is 171 Å². The molecule has 150 valence electrons. The number of carbonyl (C=O) groups is 1. The van der Waals surface area contributed by atoms with Gasteiger partial charge in [-0.05, 0) is 36.2 Å². The third-order valence-corrected chi connectivity index (χ3v) is 4.68. The first-order valence-electron chi connectivity index (χ1n) is 9.81. The summed E-state index contributed by atoms with van der Waals surface area (Å²) >= 11 is 0. The molecule has 5 nitrogen and oxygen atoms in total. The number of hydrogen-bond acceptors (Lipinski definition) is 4. The summed E-state index contributed by atoms with van der Waals surface area (Å²) in [6.45, 7) is 2.46. The summed E-state index contributed by atoms with van der Waals surface area (Å²) < 4.78 is 5.91. The van der Waals surface area contributed by atoms with Crippen LogP contribution in [0.15, 0.2) is 66.7 Å². The predicted octanol–water partition coefficient (Wildman–Crippen LogP) is 4.75. The SMILES string of the molecule is CCCC(N)c1cccc(-c2cccc(COc3ccccc3CC(=O)O)c2)n1. The van der Waals surface area contributed by atoms with Gasteiger partial charge >= 0.3 is 5.97 Å². The van der Waals surface area contributed by atoms with E-state index in [0.717, 1.165) is 35.4 Å². The molecule has 0 saturated carbocycles. The summed E-state index contributed by atoms with van der Waals surface area (Å²) in [4.78, 5) is 15.8. The van der Waals surface area contributed by atoms with Gasteiger partial charge in [-0.25, -0.2) is 0 Å². The lowest BCUT2D eigenvalue weighted by Gasteiger charge is -2.13. The molecular formula is C24H26N2O3. The number of carboxylic acid groups (broad SMARTS) is 1. The molecular weight excluding hydrogens is 364 g/mol. The van der Waals surface area contributed by atoms with Gasteiger partial charge in [-0.1, -0.05) is 55.8 Å². The average Bonchev–Trinajstić information content (AvgIpc) is 2.73. The fraction of sp³-hybridized carbons (Fsp3) is 0.250. The lowest BCUT2D eigenvalue weighted by atomic mass is 10.1. The molecule has 0 amide bonds. The van der Waals surface area contributed by atoms with Crippen LogP contribution in [0.1, 0.15) is 42.6 Å². The van der Waals surface area contributed by atoms with Gasteiger partial charge in [0.2, 0.25) is 0 Å². The highest BCUT2D eigenvalue weighted by molar-refractivity contribution is 5.71. The molecule has 0 aliphatic rings. The lowest BCUT2D eigenvalue weighted by Crippen LogP contribution is -2.11. The van der Waals surface area contributed by atoms with Crippen molar-refractivity contribution in [2.75, 3.05) is 0 Å². The molecule has 1 unspecified atom stereocenters. The summed E-state index contributed by atoms with van der Waals surface area (Å²) in [6.07, 6.45) is 1.86. The van der Waals surface area contributed by atoms with Crippen LogP contribution >= 0.6 is 0 Å². The van der Waals surface area contributed by atoms with Crippen LogP contribution in [0, 0.1) is 0 Å². The van der Waals surface area contributed by atoms with Crippen LogP contribution in [0.25, 0.3) is 11.3 Å². The second-order valence-electron chi connectivity index (χ2n) is 7.01. The third kappa shape index (κ3) is 5.65. The number of pyridine rings is 1. The Morgan fingerprint density at radius 1 is 1.10 bits per heavy atom. The molecule has 0 aliphatic carbocycles. The van der Waals surface area contributed by atoms with Gasteiger partial charge in [0, 0.05) is 17.2 Å². The highest BCUT2D eigenvalue weighted by Gasteiger charge is 2.10. The normalized spacial score (nSPS) is 11.8. The van der Waals surface area contributed by atoms with E-state index in [-0.39, 0.29) is 12.5 Å². The van der Waals surface area contributed by atoms with E-state index in [1.165, 1.54) is 0 Å². The van der Waals surface area contributed by atoms with E-state index >= 15 is 0 Å². The summed E-state index contributed by atoms with van der Waals surface area (Å²) in [5.41, 5.74) is 10.6. The smallest absolute Gasteiger partial charge is 0.307 e. The van der Waals surface area contributed by atoms with Crippen LogP contribution in [0.3, 0.4) is 0 Å². The van der Waals surface area contributed by atoms with Crippen LogP contribution in [-0.2, 0) is 17.8 Å². The van der Waals surface area contributed by atoms with Gasteiger partial charge < -0.3 is 15.6 Å². The van der Waals surface area contributed by atoms with Gasteiger partial charge in [0.05, 0.1) is 17.8 Å². The summed E-state index contributed by atoms with van der Waals surface area (Å²) in [5, 5.41) is 9.06. The molecule has 1 heterocycles. The monoisotopic (exact) mass is 390 g/mol. The maximum Gasteiger partial charge on any atom is 0.307 e. The van der Waals surface area contributed by atoms with Crippen LogP contribution in [0.4, 0.5) is 0 Å². The lowest BCUT2D eigenvalue weighted by molar-refractivity contribution is -0.136. The Morgan fingerprint density at radius 2 is 1.90 bits per heavy atom. The Kier molecular flexibility index (Phi) is 6.98. The largest absolute Gasteiger partial charge is 0.489 e. The van der Waals surface area contributed by atoms with Gasteiger partial charge in [0.15, 0.2) is 0 Å². The number of hydrogen-bond donors (Lipinski definition) is 2. The molecule has 29 heavy (non-hydrogen) atoms. The first kappa shape index (κ1) is 20.6. The van der Waals surface area contributed by atoms with Crippen molar-refractivity contribution < 1.29 is 14.6 Å². The molecule has 1 aromatic heterocycles. The van der Waals surface area contributed by atoms with E-state index < -0.39 is 5.97 Å². The van der Waals surface area contributed by atoms with Crippen molar-refractivity contribution >= 4 is 5.97 Å². The number of benzene rings is 2. The number of ether oxygens (including phenoxy) is 1. The minimum Gasteiger partial charge on any atom is -0.489 e. The quantitative estimate of drug-likeness (QED) is 0.550. The number of aliphatic carboxylic acids is 1. The summed E-state index contributed by atoms with van der Waals surface area (Å²) in [6, 6.07) is 21.1. The molecule has 5 heteroatoms. The number of nitrogens with zero attached hydrogens (tertiary/aromatic N) is 1. The molecule has 0 spiro atoms. The van der Waals surface area contributed by atoms with Crippen LogP contribution in [-0.4, -0.2) is 16.1 Å². The van der Waals surface area contributed by atoms with Gasteiger partial charge in [-0.3, -0.25) is 9.78 Å². The molecule has 3 rings (SSSR count). The molecule has 0 radical (unpaired) electrons. The maximum atomic E-state index is 11.0. The first-order valence-corrected chi connectivity index (χ1v) is 9.81. The number of aromatic nitrogens is 1. The van der Waals surface area contributed by atoms with E-state index in [9.17, 15) is 4.79 Å². The predicted molar refractivity (Wildman–Crippen MR) is 114 cm³/mol. The van der Waals surface area contributed by atoms with Crippen molar-refractivity contribution in [1.82, 2.24) is 4.98 Å². The molecule has 0 fully saturated rings. The van der Waals surface area contributed by atoms with Gasteiger partial charge in [0.1, 0.15) is 12.4 Å². The van der Waals surface area contributed by atoms with Gasteiger partial charge in [0.25, 0.3) is 0 Å². The van der Waals surface area contributed by atoms with Crippen LogP contribution in [0.5, 0.6) is 5.75 Å². The van der Waals surface area contributed by atoms with Crippen LogP contribution in [0.2, 0.25) is 0 Å². The van der Waals surface area contributed by atoms with Crippen molar-refractivity contribution in [3.8, 4) is 17.0 Å². The average molecular weight is 390 g/mol. The topological polar surface area (TPSA) is 85.4 Å². The second kappa shape index (κ2) is 9.85. The number of carboxylic acids is 1. The van der Waals surface area contributed by atoms with E-state index in [1.54, 1.807) is 12.1 Å². The zero-order chi connectivity index (χ0) is 20.6. The van der Waals surface area contributed by atoms with E-state index in [1.807, 2.05) is 54.6 Å². The van der Waals surface area contributed by atoms with Gasteiger partial charge in [-0.15, -0.1) is 0 Å². The Balaban J connectivity index is 1.76. The number of nitrogens with two attached hydrogens (primary N) is 1. The molecule has 0 saturated heterocycles. The fourth-order valence-electron chi connectivity index (χ4n) is 3.21. The first-order chi connectivity index (χ1) is 14.1. The molecule has 0 bridgehead atoms. The Bertz CT molecular complexity index is 972. The van der Waals surface area contributed by atoms with E-state index in [2.05, 4.69) is 6.92 Å². The summed E-state index contributed by atoms with van der Waals surface area (Å²) in [5.74, 6) is -0.291. The van der Waals surface area contributed by atoms with E-state index in [4.69, 9.17) is 20.6 Å². The molecule has 3 aromatic rings. The van der Waals surface area contributed by atoms with Crippen molar-refractivity contribution in [2.45, 2.75) is 38.8 Å². The second-order valence-corrected chi connectivity index (χ2v) is 7.01. The zero-order valence-corrected chi connectivity index (χ0v) is 16.5. The van der Waals surface area contributed by atoms with Gasteiger partial charge in [-0.2, -0.15) is 0 Å². The standard InChI is InChI=1S/C24H26N2O3/c1-2-7-20(25)22-12-6-11-21(26-22)18-10-5-8-17(14-18)16-29-23-13-4-3-9-19(23)15-24(27)28/h3-6,8-14,20H,2,7,15-16,25H2,1H3,(H,27,28). The van der Waals surface area contributed by atoms with Crippen molar-refractivity contribution in [1.29, 1.82) is 0 Å². The van der Waals surface area contributed by atoms with E-state index in [0.29, 0.717) is 17.9 Å². The third-order valence-electron chi connectivity index (χ3n) is 4.68. The highest BCUT2D eigenvalue weighted by Crippen LogP contribution is 2.24. The Hall–Kier alpha value is -3.18. The minimum absolute atomic E-state index is 0.0581. The molecule has 3 N–H and O–H groups in total. The number of rotatable bonds is 9. The molecule has 2 aromatic carbocycles. The molecule has 0 aliphatic heterocycles. The highest BCUT2D eigenvalue weighted by atomic mass is 16.5. The zero-order valence-electron chi connectivity index (χ0n) is 16.5. The van der Waals surface area contributed by atoms with Crippen LogP contribution < -0.4 is 10.5 Å². The van der Waals surface area contributed by atoms with Crippen molar-refractivity contribution in [2.24, 2.45) is 5.73 Å². The summed E-state index contributed by atoms with van der Waals surface area (Å²) in [7, 11) is 0. The Morgan fingerprint density at radius 3 is 2.69 bits per heavy atom. The van der Waals surface area contributed by atoms with Crippen molar-refractivity contribution in [3.05, 3.63) is 83.6 Å². The van der Waals surface area contributed by atoms with Crippen molar-refractivity contribution in [3.63, 3.8) is 0 Å². The molecule has 1 atom stereocenters. The maximum absolute atomic E-state index is 11.0.